The number of carbonyl (C=O) groups excluding carboxylic acids is 1. The molecule has 2 fully saturated rings. The molecule has 4 nitrogen and oxygen atoms in total. The van der Waals surface area contributed by atoms with Crippen molar-refractivity contribution in [3.63, 3.8) is 0 Å². The topological polar surface area (TPSA) is 42.1 Å². The molecule has 5 atom stereocenters. The Hall–Kier alpha value is -1.21. The second-order valence-corrected chi connectivity index (χ2v) is 9.53. The summed E-state index contributed by atoms with van der Waals surface area (Å²) in [7, 11) is 4.16. The predicted octanol–water partition coefficient (Wildman–Crippen LogP) is 3.98. The van der Waals surface area contributed by atoms with Crippen molar-refractivity contribution in [2.45, 2.75) is 50.0 Å². The number of esters is 1. The maximum absolute atomic E-state index is 13.1. The number of epoxide rings is 1. The maximum atomic E-state index is 13.1. The fourth-order valence-corrected chi connectivity index (χ4v) is 5.80. The first-order valence-corrected chi connectivity index (χ1v) is 10.9. The van der Waals surface area contributed by atoms with E-state index in [4.69, 9.17) is 9.47 Å². The number of thiophene rings is 2. The van der Waals surface area contributed by atoms with Crippen molar-refractivity contribution in [2.24, 2.45) is 5.92 Å². The quantitative estimate of drug-likeness (QED) is 0.571. The predicted molar refractivity (Wildman–Crippen MR) is 105 cm³/mol. The molecular weight excluding hydrogens is 366 g/mol. The Bertz CT molecular complexity index is 694. The van der Waals surface area contributed by atoms with Gasteiger partial charge in [0, 0.05) is 22.2 Å². The van der Waals surface area contributed by atoms with Crippen LogP contribution in [0.3, 0.4) is 0 Å². The van der Waals surface area contributed by atoms with Crippen LogP contribution in [0.1, 0.15) is 35.4 Å². The van der Waals surface area contributed by atoms with E-state index >= 15 is 0 Å². The van der Waals surface area contributed by atoms with Gasteiger partial charge in [0.2, 0.25) is 0 Å². The summed E-state index contributed by atoms with van der Waals surface area (Å²) in [6, 6.07) is 8.35. The van der Waals surface area contributed by atoms with Gasteiger partial charge in [-0.2, -0.15) is 0 Å². The molecule has 2 aromatic rings. The largest absolute Gasteiger partial charge is 0.462 e. The lowest BCUT2D eigenvalue weighted by Crippen LogP contribution is -2.37. The molecule has 1 aliphatic heterocycles. The zero-order valence-corrected chi connectivity index (χ0v) is 17.0. The fourth-order valence-electron chi connectivity index (χ4n) is 4.07. The average molecular weight is 392 g/mol. The van der Waals surface area contributed by atoms with E-state index in [1.54, 1.807) is 22.7 Å². The van der Waals surface area contributed by atoms with Crippen molar-refractivity contribution in [3.05, 3.63) is 44.8 Å². The van der Waals surface area contributed by atoms with Gasteiger partial charge in [0.1, 0.15) is 12.0 Å². The Kier molecular flexibility index (Phi) is 5.19. The van der Waals surface area contributed by atoms with E-state index in [1.165, 1.54) is 0 Å². The van der Waals surface area contributed by atoms with Crippen LogP contribution < -0.4 is 0 Å². The first kappa shape index (κ1) is 18.2. The Morgan fingerprint density at radius 2 is 1.81 bits per heavy atom. The number of carbonyl (C=O) groups is 1. The van der Waals surface area contributed by atoms with Gasteiger partial charge in [-0.15, -0.1) is 22.7 Å². The SMILES string of the molecule is CC1CC(OC(=O)C(c2cccs2)c2cccs2)CC(N(C)C)C2OC12. The van der Waals surface area contributed by atoms with Crippen LogP contribution in [-0.2, 0) is 14.3 Å². The highest BCUT2D eigenvalue weighted by Gasteiger charge is 2.52. The number of hydrogen-bond donors (Lipinski definition) is 0. The van der Waals surface area contributed by atoms with Crippen LogP contribution in [0.4, 0.5) is 0 Å². The molecule has 0 amide bonds. The Morgan fingerprint density at radius 1 is 1.15 bits per heavy atom. The summed E-state index contributed by atoms with van der Waals surface area (Å²) in [5.74, 6) is -0.0112. The third-order valence-corrected chi connectivity index (χ3v) is 7.35. The van der Waals surface area contributed by atoms with E-state index < -0.39 is 0 Å². The first-order valence-electron chi connectivity index (χ1n) is 9.13. The zero-order valence-electron chi connectivity index (χ0n) is 15.3. The molecule has 0 spiro atoms. The highest BCUT2D eigenvalue weighted by molar-refractivity contribution is 7.11. The summed E-state index contributed by atoms with van der Waals surface area (Å²) < 4.78 is 12.0. The summed E-state index contributed by atoms with van der Waals surface area (Å²) in [4.78, 5) is 17.5. The van der Waals surface area contributed by atoms with E-state index in [1.807, 2.05) is 35.0 Å². The van der Waals surface area contributed by atoms with Crippen molar-refractivity contribution in [1.29, 1.82) is 0 Å². The zero-order chi connectivity index (χ0) is 18.3. The average Bonchev–Trinajstić information content (AvgIpc) is 2.96. The van der Waals surface area contributed by atoms with E-state index in [2.05, 4.69) is 25.9 Å². The summed E-state index contributed by atoms with van der Waals surface area (Å²) >= 11 is 3.23. The van der Waals surface area contributed by atoms with E-state index in [0.29, 0.717) is 18.1 Å². The minimum Gasteiger partial charge on any atom is -0.462 e. The molecule has 0 radical (unpaired) electrons. The highest BCUT2D eigenvalue weighted by atomic mass is 32.1. The van der Waals surface area contributed by atoms with Crippen LogP contribution in [-0.4, -0.2) is 49.3 Å². The molecule has 0 bridgehead atoms. The second-order valence-electron chi connectivity index (χ2n) is 7.57. The number of rotatable bonds is 5. The maximum Gasteiger partial charge on any atom is 0.319 e. The van der Waals surface area contributed by atoms with Gasteiger partial charge >= 0.3 is 5.97 Å². The van der Waals surface area contributed by atoms with E-state index in [9.17, 15) is 4.79 Å². The lowest BCUT2D eigenvalue weighted by molar-refractivity contribution is -0.151. The molecule has 26 heavy (non-hydrogen) atoms. The minimum absolute atomic E-state index is 0.0521. The lowest BCUT2D eigenvalue weighted by atomic mass is 10.0. The van der Waals surface area contributed by atoms with Crippen molar-refractivity contribution in [1.82, 2.24) is 4.90 Å². The fraction of sp³-hybridized carbons (Fsp3) is 0.550. The minimum atomic E-state index is -0.308. The highest BCUT2D eigenvalue weighted by Crippen LogP contribution is 2.42. The van der Waals surface area contributed by atoms with Crippen LogP contribution in [0.2, 0.25) is 0 Å². The lowest BCUT2D eigenvalue weighted by Gasteiger charge is -2.27. The molecule has 4 rings (SSSR count). The van der Waals surface area contributed by atoms with Crippen LogP contribution in [0.15, 0.2) is 35.0 Å². The van der Waals surface area contributed by atoms with E-state index in [-0.39, 0.29) is 24.1 Å². The van der Waals surface area contributed by atoms with Gasteiger partial charge in [0.25, 0.3) is 0 Å². The molecule has 6 heteroatoms. The molecular formula is C20H25NO3S2. The monoisotopic (exact) mass is 391 g/mol. The molecule has 2 aromatic heterocycles. The molecule has 1 saturated carbocycles. The molecule has 0 aromatic carbocycles. The van der Waals surface area contributed by atoms with Crippen molar-refractivity contribution >= 4 is 28.6 Å². The number of nitrogens with zero attached hydrogens (tertiary/aromatic N) is 1. The normalized spacial score (nSPS) is 30.9. The van der Waals surface area contributed by atoms with Gasteiger partial charge in [-0.25, -0.2) is 0 Å². The molecule has 5 unspecified atom stereocenters. The second kappa shape index (κ2) is 7.43. The summed E-state index contributed by atoms with van der Waals surface area (Å²) in [6.07, 6.45) is 2.26. The van der Waals surface area contributed by atoms with Crippen molar-refractivity contribution in [2.75, 3.05) is 14.1 Å². The molecule has 0 N–H and O–H groups in total. The molecule has 1 saturated heterocycles. The third kappa shape index (κ3) is 3.60. The number of hydrogen-bond acceptors (Lipinski definition) is 6. The smallest absolute Gasteiger partial charge is 0.319 e. The number of likely N-dealkylation sites (N-methyl/N-ethyl adjacent to an activating group) is 1. The van der Waals surface area contributed by atoms with Gasteiger partial charge < -0.3 is 14.4 Å². The third-order valence-electron chi connectivity index (χ3n) is 5.48. The first-order chi connectivity index (χ1) is 12.5. The Labute approximate surface area is 162 Å². The van der Waals surface area contributed by atoms with Gasteiger partial charge in [0.05, 0.1) is 12.2 Å². The van der Waals surface area contributed by atoms with Crippen molar-refractivity contribution < 1.29 is 14.3 Å². The van der Waals surface area contributed by atoms with Crippen LogP contribution >= 0.6 is 22.7 Å². The van der Waals surface area contributed by atoms with Gasteiger partial charge in [-0.3, -0.25) is 4.79 Å². The molecule has 1 aliphatic carbocycles. The standard InChI is InChI=1S/C20H25NO3S2/c1-12-10-13(11-14(21(2)3)19-18(12)24-19)23-20(22)17(15-6-4-8-25-15)16-7-5-9-26-16/h4-9,12-14,17-19H,10-11H2,1-3H3. The molecule has 140 valence electrons. The Morgan fingerprint density at radius 3 is 2.35 bits per heavy atom. The van der Waals surface area contributed by atoms with E-state index in [0.717, 1.165) is 22.6 Å². The van der Waals surface area contributed by atoms with Gasteiger partial charge in [-0.05, 0) is 49.3 Å². The van der Waals surface area contributed by atoms with Gasteiger partial charge in [0.15, 0.2) is 0 Å². The molecule has 2 aliphatic rings. The van der Waals surface area contributed by atoms with Gasteiger partial charge in [-0.1, -0.05) is 19.1 Å². The number of ether oxygens (including phenoxy) is 2. The van der Waals surface area contributed by atoms with Crippen LogP contribution in [0, 0.1) is 5.92 Å². The van der Waals surface area contributed by atoms with Crippen LogP contribution in [0.5, 0.6) is 0 Å². The van der Waals surface area contributed by atoms with Crippen molar-refractivity contribution in [3.8, 4) is 0 Å². The summed E-state index contributed by atoms with van der Waals surface area (Å²) in [5, 5.41) is 4.04. The van der Waals surface area contributed by atoms with Crippen LogP contribution in [0.25, 0.3) is 0 Å². The number of fused-ring (bicyclic) bond motifs is 1. The summed E-state index contributed by atoms with van der Waals surface area (Å²) in [6.45, 7) is 2.21. The summed E-state index contributed by atoms with van der Waals surface area (Å²) in [5.41, 5.74) is 0. The Balaban J connectivity index is 1.52. The molecule has 3 heterocycles.